The van der Waals surface area contributed by atoms with Crippen LogP contribution in [0.4, 0.5) is 4.39 Å². The number of carbonyl (C=O) groups is 1. The standard InChI is InChI=1S/C11H13FO5S/c1-2-18(15,16)6-5-17-10-4-3-8(11(13)14)7-9(10)12/h3-4,7H,2,5-6H2,1H3,(H,13,14). The van der Waals surface area contributed by atoms with E-state index in [1.165, 1.54) is 13.0 Å². The van der Waals surface area contributed by atoms with Gasteiger partial charge in [-0.1, -0.05) is 6.92 Å². The van der Waals surface area contributed by atoms with Gasteiger partial charge in [-0.2, -0.15) is 0 Å². The second-order valence-electron chi connectivity index (χ2n) is 3.54. The van der Waals surface area contributed by atoms with Crippen molar-refractivity contribution in [3.8, 4) is 5.75 Å². The monoisotopic (exact) mass is 276 g/mol. The van der Waals surface area contributed by atoms with Crippen LogP contribution >= 0.6 is 0 Å². The van der Waals surface area contributed by atoms with Crippen LogP contribution in [0.2, 0.25) is 0 Å². The Hall–Kier alpha value is -1.63. The molecule has 0 amide bonds. The molecule has 1 N–H and O–H groups in total. The topological polar surface area (TPSA) is 80.7 Å². The van der Waals surface area contributed by atoms with E-state index in [-0.39, 0.29) is 29.4 Å². The largest absolute Gasteiger partial charge is 0.489 e. The fourth-order valence-corrected chi connectivity index (χ4v) is 1.80. The molecule has 0 fully saturated rings. The summed E-state index contributed by atoms with van der Waals surface area (Å²) in [7, 11) is -3.17. The number of carboxylic acids is 1. The number of carboxylic acid groups (broad SMARTS) is 1. The van der Waals surface area contributed by atoms with Gasteiger partial charge in [0.15, 0.2) is 21.4 Å². The van der Waals surface area contributed by atoms with Gasteiger partial charge in [-0.05, 0) is 18.2 Å². The zero-order valence-electron chi connectivity index (χ0n) is 9.72. The van der Waals surface area contributed by atoms with Gasteiger partial charge in [0.05, 0.1) is 11.3 Å². The molecule has 1 aromatic rings. The zero-order valence-corrected chi connectivity index (χ0v) is 10.5. The van der Waals surface area contributed by atoms with Gasteiger partial charge >= 0.3 is 5.97 Å². The van der Waals surface area contributed by atoms with Crippen molar-refractivity contribution in [1.29, 1.82) is 0 Å². The molecule has 7 heteroatoms. The molecule has 0 unspecified atom stereocenters. The molecule has 0 bridgehead atoms. The van der Waals surface area contributed by atoms with Crippen LogP contribution in [-0.2, 0) is 9.84 Å². The maximum absolute atomic E-state index is 13.4. The first-order valence-corrected chi connectivity index (χ1v) is 7.04. The van der Waals surface area contributed by atoms with Crippen LogP contribution < -0.4 is 4.74 Å². The number of aromatic carboxylic acids is 1. The number of halogens is 1. The molecule has 0 saturated carbocycles. The molecule has 0 spiro atoms. The summed E-state index contributed by atoms with van der Waals surface area (Å²) < 4.78 is 40.7. The van der Waals surface area contributed by atoms with Gasteiger partial charge in [-0.3, -0.25) is 0 Å². The smallest absolute Gasteiger partial charge is 0.335 e. The molecule has 0 saturated heterocycles. The predicted molar refractivity (Wildman–Crippen MR) is 63.2 cm³/mol. The van der Waals surface area contributed by atoms with E-state index < -0.39 is 21.6 Å². The van der Waals surface area contributed by atoms with Crippen molar-refractivity contribution in [3.63, 3.8) is 0 Å². The summed E-state index contributed by atoms with van der Waals surface area (Å²) in [6, 6.07) is 3.18. The van der Waals surface area contributed by atoms with E-state index in [0.717, 1.165) is 12.1 Å². The SMILES string of the molecule is CCS(=O)(=O)CCOc1ccc(C(=O)O)cc1F. The quantitative estimate of drug-likeness (QED) is 0.848. The third kappa shape index (κ3) is 3.99. The molecule has 1 rings (SSSR count). The van der Waals surface area contributed by atoms with Crippen LogP contribution in [-0.4, -0.2) is 37.6 Å². The summed E-state index contributed by atoms with van der Waals surface area (Å²) in [5.74, 6) is -2.44. The Morgan fingerprint density at radius 2 is 2.11 bits per heavy atom. The lowest BCUT2D eigenvalue weighted by atomic mass is 10.2. The molecule has 100 valence electrons. The van der Waals surface area contributed by atoms with Crippen molar-refractivity contribution in [2.24, 2.45) is 0 Å². The predicted octanol–water partition coefficient (Wildman–Crippen LogP) is 1.34. The minimum atomic E-state index is -3.17. The highest BCUT2D eigenvalue weighted by Crippen LogP contribution is 2.18. The molecule has 0 aliphatic heterocycles. The van der Waals surface area contributed by atoms with Gasteiger partial charge in [0.2, 0.25) is 0 Å². The lowest BCUT2D eigenvalue weighted by Gasteiger charge is -2.07. The van der Waals surface area contributed by atoms with Gasteiger partial charge in [-0.25, -0.2) is 17.6 Å². The molecule has 1 aromatic carbocycles. The summed E-state index contributed by atoms with van der Waals surface area (Å²) >= 11 is 0. The Morgan fingerprint density at radius 3 is 2.61 bits per heavy atom. The Balaban J connectivity index is 2.67. The molecule has 0 aromatic heterocycles. The van der Waals surface area contributed by atoms with E-state index in [2.05, 4.69) is 0 Å². The van der Waals surface area contributed by atoms with Gasteiger partial charge < -0.3 is 9.84 Å². The number of rotatable bonds is 6. The second kappa shape index (κ2) is 5.81. The number of hydrogen-bond acceptors (Lipinski definition) is 4. The molecular weight excluding hydrogens is 263 g/mol. The van der Waals surface area contributed by atoms with E-state index in [1.54, 1.807) is 0 Å². The summed E-state index contributed by atoms with van der Waals surface area (Å²) in [5, 5.41) is 8.63. The number of sulfone groups is 1. The van der Waals surface area contributed by atoms with Crippen molar-refractivity contribution in [2.45, 2.75) is 6.92 Å². The fourth-order valence-electron chi connectivity index (χ4n) is 1.17. The van der Waals surface area contributed by atoms with Gasteiger partial charge in [0.1, 0.15) is 6.61 Å². The van der Waals surface area contributed by atoms with Gasteiger partial charge in [0, 0.05) is 5.75 Å². The van der Waals surface area contributed by atoms with Crippen molar-refractivity contribution < 1.29 is 27.4 Å². The van der Waals surface area contributed by atoms with Crippen molar-refractivity contribution in [2.75, 3.05) is 18.1 Å². The normalized spacial score (nSPS) is 11.2. The Labute approximate surface area is 104 Å². The van der Waals surface area contributed by atoms with E-state index in [1.807, 2.05) is 0 Å². The summed E-state index contributed by atoms with van der Waals surface area (Å²) in [6.45, 7) is 1.34. The van der Waals surface area contributed by atoms with Crippen molar-refractivity contribution in [1.82, 2.24) is 0 Å². The second-order valence-corrected chi connectivity index (χ2v) is 6.01. The minimum Gasteiger partial charge on any atom is -0.489 e. The molecule has 0 atom stereocenters. The average molecular weight is 276 g/mol. The van der Waals surface area contributed by atoms with Crippen molar-refractivity contribution in [3.05, 3.63) is 29.6 Å². The van der Waals surface area contributed by atoms with Crippen LogP contribution in [0.15, 0.2) is 18.2 Å². The Bertz CT molecular complexity index is 538. The molecule has 0 aliphatic rings. The van der Waals surface area contributed by atoms with Crippen LogP contribution in [0.25, 0.3) is 0 Å². The lowest BCUT2D eigenvalue weighted by molar-refractivity contribution is 0.0696. The highest BCUT2D eigenvalue weighted by atomic mass is 32.2. The highest BCUT2D eigenvalue weighted by molar-refractivity contribution is 7.91. The minimum absolute atomic E-state index is 0.00318. The average Bonchev–Trinajstić information content (AvgIpc) is 2.31. The highest BCUT2D eigenvalue weighted by Gasteiger charge is 2.11. The molecule has 0 radical (unpaired) electrons. The third-order valence-electron chi connectivity index (χ3n) is 2.27. The number of hydrogen-bond donors (Lipinski definition) is 1. The number of ether oxygens (including phenoxy) is 1. The Morgan fingerprint density at radius 1 is 1.44 bits per heavy atom. The first-order valence-electron chi connectivity index (χ1n) is 5.22. The molecular formula is C11H13FO5S. The maximum atomic E-state index is 13.4. The van der Waals surface area contributed by atoms with Crippen LogP contribution in [0, 0.1) is 5.82 Å². The van der Waals surface area contributed by atoms with Crippen LogP contribution in [0.5, 0.6) is 5.75 Å². The molecule has 5 nitrogen and oxygen atoms in total. The first-order chi connectivity index (χ1) is 8.35. The van der Waals surface area contributed by atoms with Crippen LogP contribution in [0.3, 0.4) is 0 Å². The Kier molecular flexibility index (Phi) is 4.66. The van der Waals surface area contributed by atoms with Crippen molar-refractivity contribution >= 4 is 15.8 Å². The fraction of sp³-hybridized carbons (Fsp3) is 0.364. The van der Waals surface area contributed by atoms with Crippen LogP contribution in [0.1, 0.15) is 17.3 Å². The van der Waals surface area contributed by atoms with E-state index in [0.29, 0.717) is 0 Å². The van der Waals surface area contributed by atoms with E-state index in [9.17, 15) is 17.6 Å². The maximum Gasteiger partial charge on any atom is 0.335 e. The van der Waals surface area contributed by atoms with E-state index in [4.69, 9.17) is 9.84 Å². The summed E-state index contributed by atoms with van der Waals surface area (Å²) in [5.41, 5.74) is -0.193. The molecule has 0 heterocycles. The number of benzene rings is 1. The lowest BCUT2D eigenvalue weighted by Crippen LogP contribution is -2.16. The summed E-state index contributed by atoms with van der Waals surface area (Å²) in [4.78, 5) is 10.6. The first kappa shape index (κ1) is 14.4. The third-order valence-corrected chi connectivity index (χ3v) is 3.94. The summed E-state index contributed by atoms with van der Waals surface area (Å²) in [6.07, 6.45) is 0. The molecule has 18 heavy (non-hydrogen) atoms. The molecule has 0 aliphatic carbocycles. The van der Waals surface area contributed by atoms with Gasteiger partial charge in [0.25, 0.3) is 0 Å². The zero-order chi connectivity index (χ0) is 13.8. The van der Waals surface area contributed by atoms with Gasteiger partial charge in [-0.15, -0.1) is 0 Å². The van der Waals surface area contributed by atoms with E-state index >= 15 is 0 Å².